The number of hydrogen-bond acceptors (Lipinski definition) is 8. The van der Waals surface area contributed by atoms with Gasteiger partial charge >= 0.3 is 6.36 Å². The second-order valence-electron chi connectivity index (χ2n) is 8.80. The van der Waals surface area contributed by atoms with Gasteiger partial charge in [0.05, 0.1) is 22.8 Å². The molecule has 1 unspecified atom stereocenters. The molecule has 0 saturated heterocycles. The number of nitrogens with zero attached hydrogens (tertiary/aromatic N) is 2. The summed E-state index contributed by atoms with van der Waals surface area (Å²) >= 11 is 1.05. The van der Waals surface area contributed by atoms with E-state index in [9.17, 15) is 27.7 Å². The quantitative estimate of drug-likeness (QED) is 0.252. The van der Waals surface area contributed by atoms with Gasteiger partial charge in [-0.25, -0.2) is 4.98 Å². The number of carbonyl (C=O) groups excluding carboxylic acids is 2. The minimum Gasteiger partial charge on any atom is -0.406 e. The SMILES string of the molecule is CC.NC(CCCN=O)C(=O)NCC1(CC(=O)Nc2nc3ccc(OC(F)(F)F)cc3s2)CCCCC1. The third kappa shape index (κ3) is 9.88. The monoisotopic (exact) mass is 545 g/mol. The maximum Gasteiger partial charge on any atom is 0.573 e. The van der Waals surface area contributed by atoms with Crippen LogP contribution in [0.25, 0.3) is 10.2 Å². The molecule has 1 aromatic carbocycles. The summed E-state index contributed by atoms with van der Waals surface area (Å²) in [6, 6.07) is 3.04. The van der Waals surface area contributed by atoms with E-state index in [0.717, 1.165) is 43.4 Å². The van der Waals surface area contributed by atoms with E-state index >= 15 is 0 Å². The normalized spacial score (nSPS) is 15.7. The standard InChI is InChI=1S/C22H28F3N5O4S.C2H6/c23-22(24,25)34-14-6-7-16-17(11-14)35-20(29-16)30-18(31)12-21(8-2-1-3-9-21)13-27-19(32)15(26)5-4-10-28-33;1-2/h6-7,11,15H,1-5,8-10,12-13,26H2,(H,27,32)(H,29,30,31);1-2H3. The molecule has 1 atom stereocenters. The highest BCUT2D eigenvalue weighted by Crippen LogP contribution is 2.39. The molecule has 0 bridgehead atoms. The van der Waals surface area contributed by atoms with E-state index in [1.807, 2.05) is 13.8 Å². The zero-order chi connectivity index (χ0) is 27.5. The van der Waals surface area contributed by atoms with Crippen LogP contribution in [-0.4, -0.2) is 42.3 Å². The highest BCUT2D eigenvalue weighted by atomic mass is 32.1. The second-order valence-corrected chi connectivity index (χ2v) is 9.83. The Morgan fingerprint density at radius 2 is 1.95 bits per heavy atom. The predicted molar refractivity (Wildman–Crippen MR) is 137 cm³/mol. The van der Waals surface area contributed by atoms with Crippen LogP contribution in [0.1, 0.15) is 65.2 Å². The smallest absolute Gasteiger partial charge is 0.406 e. The van der Waals surface area contributed by atoms with Gasteiger partial charge in [-0.2, -0.15) is 4.91 Å². The average molecular weight is 546 g/mol. The third-order valence-electron chi connectivity index (χ3n) is 6.03. The number of nitroso groups, excluding NO2 is 1. The van der Waals surface area contributed by atoms with Gasteiger partial charge in [0.25, 0.3) is 0 Å². The fraction of sp³-hybridized carbons (Fsp3) is 0.625. The first kappa shape index (κ1) is 30.4. The van der Waals surface area contributed by atoms with Crippen molar-refractivity contribution in [2.24, 2.45) is 16.3 Å². The van der Waals surface area contributed by atoms with Crippen LogP contribution in [-0.2, 0) is 9.59 Å². The van der Waals surface area contributed by atoms with Crippen molar-refractivity contribution < 1.29 is 27.5 Å². The van der Waals surface area contributed by atoms with Gasteiger partial charge in [-0.05, 0) is 43.2 Å². The Balaban J connectivity index is 0.00000235. The van der Waals surface area contributed by atoms with Crippen LogP contribution in [0.4, 0.5) is 18.3 Å². The molecule has 37 heavy (non-hydrogen) atoms. The van der Waals surface area contributed by atoms with Crippen LogP contribution in [0.2, 0.25) is 0 Å². The number of halogens is 3. The van der Waals surface area contributed by atoms with E-state index in [0.29, 0.717) is 29.6 Å². The first-order valence-corrected chi connectivity index (χ1v) is 13.2. The molecule has 1 heterocycles. The van der Waals surface area contributed by atoms with Gasteiger partial charge in [-0.1, -0.05) is 49.6 Å². The van der Waals surface area contributed by atoms with Gasteiger partial charge < -0.3 is 21.1 Å². The zero-order valence-corrected chi connectivity index (χ0v) is 21.8. The molecule has 1 aliphatic rings. The number of carbonyl (C=O) groups is 2. The minimum absolute atomic E-state index is 0.105. The molecule has 9 nitrogen and oxygen atoms in total. The molecule has 1 aromatic heterocycles. The van der Waals surface area contributed by atoms with Gasteiger partial charge in [-0.15, -0.1) is 13.2 Å². The summed E-state index contributed by atoms with van der Waals surface area (Å²) in [6.45, 7) is 4.41. The van der Waals surface area contributed by atoms with E-state index in [1.165, 1.54) is 18.2 Å². The van der Waals surface area contributed by atoms with E-state index < -0.39 is 17.8 Å². The largest absolute Gasteiger partial charge is 0.573 e. The summed E-state index contributed by atoms with van der Waals surface area (Å²) in [5.41, 5.74) is 5.91. The lowest BCUT2D eigenvalue weighted by Gasteiger charge is -2.37. The Morgan fingerprint density at radius 1 is 1.24 bits per heavy atom. The molecule has 206 valence electrons. The second kappa shape index (κ2) is 14.2. The molecule has 1 aliphatic carbocycles. The minimum atomic E-state index is -4.80. The van der Waals surface area contributed by atoms with Crippen LogP contribution >= 0.6 is 11.3 Å². The van der Waals surface area contributed by atoms with Crippen molar-refractivity contribution >= 4 is 38.5 Å². The van der Waals surface area contributed by atoms with E-state index in [2.05, 4.69) is 25.5 Å². The summed E-state index contributed by atoms with van der Waals surface area (Å²) in [4.78, 5) is 39.7. The van der Waals surface area contributed by atoms with Crippen molar-refractivity contribution in [3.8, 4) is 5.75 Å². The van der Waals surface area contributed by atoms with Crippen LogP contribution < -0.4 is 21.1 Å². The molecular formula is C24H34F3N5O4S. The number of nitrogens with two attached hydrogens (primary N) is 1. The van der Waals surface area contributed by atoms with Gasteiger partial charge in [0.2, 0.25) is 11.8 Å². The Labute approximate surface area is 217 Å². The number of nitrogens with one attached hydrogen (secondary N) is 2. The van der Waals surface area contributed by atoms with Crippen molar-refractivity contribution in [2.45, 2.75) is 77.6 Å². The molecule has 3 rings (SSSR count). The molecule has 2 aromatic rings. The van der Waals surface area contributed by atoms with Crippen molar-refractivity contribution in [1.29, 1.82) is 0 Å². The molecule has 4 N–H and O–H groups in total. The molecule has 0 aliphatic heterocycles. The van der Waals surface area contributed by atoms with Gasteiger partial charge in [0.1, 0.15) is 5.75 Å². The van der Waals surface area contributed by atoms with Crippen LogP contribution in [0.15, 0.2) is 23.4 Å². The Bertz CT molecular complexity index is 1040. The zero-order valence-electron chi connectivity index (χ0n) is 21.0. The third-order valence-corrected chi connectivity index (χ3v) is 6.96. The number of anilines is 1. The van der Waals surface area contributed by atoms with Crippen molar-refractivity contribution in [1.82, 2.24) is 10.3 Å². The lowest BCUT2D eigenvalue weighted by molar-refractivity contribution is -0.274. The van der Waals surface area contributed by atoms with Crippen molar-refractivity contribution in [2.75, 3.05) is 18.4 Å². The lowest BCUT2D eigenvalue weighted by atomic mass is 9.71. The Hall–Kier alpha value is -2.80. The number of benzene rings is 1. The first-order chi connectivity index (χ1) is 17.6. The van der Waals surface area contributed by atoms with E-state index in [-0.39, 0.29) is 35.7 Å². The first-order valence-electron chi connectivity index (χ1n) is 12.4. The van der Waals surface area contributed by atoms with Crippen molar-refractivity contribution in [3.05, 3.63) is 23.1 Å². The highest BCUT2D eigenvalue weighted by molar-refractivity contribution is 7.22. The Morgan fingerprint density at radius 3 is 2.59 bits per heavy atom. The summed E-state index contributed by atoms with van der Waals surface area (Å²) in [5, 5.41) is 8.64. The van der Waals surface area contributed by atoms with E-state index in [1.54, 1.807) is 0 Å². The van der Waals surface area contributed by atoms with E-state index in [4.69, 9.17) is 5.73 Å². The fourth-order valence-electron chi connectivity index (χ4n) is 4.29. The van der Waals surface area contributed by atoms with Crippen molar-refractivity contribution in [3.63, 3.8) is 0 Å². The van der Waals surface area contributed by atoms with Gasteiger partial charge in [-0.3, -0.25) is 9.59 Å². The van der Waals surface area contributed by atoms with Gasteiger partial charge in [0, 0.05) is 19.0 Å². The maximum atomic E-state index is 12.9. The molecule has 1 fully saturated rings. The van der Waals surface area contributed by atoms with Crippen LogP contribution in [0.3, 0.4) is 0 Å². The number of aromatic nitrogens is 1. The molecular weight excluding hydrogens is 511 g/mol. The topological polar surface area (TPSA) is 136 Å². The molecule has 0 radical (unpaired) electrons. The fourth-order valence-corrected chi connectivity index (χ4v) is 5.20. The highest BCUT2D eigenvalue weighted by Gasteiger charge is 2.35. The molecule has 13 heteroatoms. The Kier molecular flexibility index (Phi) is 11.7. The van der Waals surface area contributed by atoms with Gasteiger partial charge in [0.15, 0.2) is 5.13 Å². The average Bonchev–Trinajstić information content (AvgIpc) is 3.24. The summed E-state index contributed by atoms with van der Waals surface area (Å²) in [7, 11) is 0. The van der Waals surface area contributed by atoms with Crippen LogP contribution in [0.5, 0.6) is 5.75 Å². The number of amides is 2. The summed E-state index contributed by atoms with van der Waals surface area (Å²) in [5.74, 6) is -0.971. The maximum absolute atomic E-state index is 12.9. The molecule has 1 saturated carbocycles. The number of rotatable bonds is 11. The molecule has 2 amide bonds. The lowest BCUT2D eigenvalue weighted by Crippen LogP contribution is -2.47. The summed E-state index contributed by atoms with van der Waals surface area (Å²) < 4.78 is 41.8. The number of hydrogen-bond donors (Lipinski definition) is 3. The number of ether oxygens (including phenoxy) is 1. The number of alkyl halides is 3. The predicted octanol–water partition coefficient (Wildman–Crippen LogP) is 5.49. The van der Waals surface area contributed by atoms with Crippen LogP contribution in [0, 0.1) is 10.3 Å². The number of thiazole rings is 1. The molecule has 0 spiro atoms. The summed E-state index contributed by atoms with van der Waals surface area (Å²) in [6.07, 6.45) is 0.593. The number of fused-ring (bicyclic) bond motifs is 1.